The van der Waals surface area contributed by atoms with Gasteiger partial charge in [-0.3, -0.25) is 0 Å². The highest BCUT2D eigenvalue weighted by Crippen LogP contribution is 2.03. The van der Waals surface area contributed by atoms with Crippen LogP contribution in [0.1, 0.15) is 45.4 Å². The van der Waals surface area contributed by atoms with Gasteiger partial charge >= 0.3 is 5.97 Å². The van der Waals surface area contributed by atoms with Gasteiger partial charge in [0.15, 0.2) is 6.10 Å². The van der Waals surface area contributed by atoms with Crippen LogP contribution in [0.25, 0.3) is 0 Å². The number of hydrogen-bond donors (Lipinski definition) is 2. The minimum atomic E-state index is -1.25. The van der Waals surface area contributed by atoms with Gasteiger partial charge in [0.05, 0.1) is 0 Å². The minimum Gasteiger partial charge on any atom is -0.479 e. The number of carboxylic acids is 1. The summed E-state index contributed by atoms with van der Waals surface area (Å²) in [6.45, 7) is 2.17. The maximum atomic E-state index is 10.2. The summed E-state index contributed by atoms with van der Waals surface area (Å²) in [6, 6.07) is 0. The summed E-state index contributed by atoms with van der Waals surface area (Å²) < 4.78 is 0. The van der Waals surface area contributed by atoms with Crippen LogP contribution in [0.4, 0.5) is 0 Å². The second-order valence-corrected chi connectivity index (χ2v) is 3.41. The van der Waals surface area contributed by atoms with Crippen LogP contribution in [0, 0.1) is 0 Å². The zero-order valence-corrected chi connectivity index (χ0v) is 8.78. The number of aliphatic hydroxyl groups is 1. The van der Waals surface area contributed by atoms with Gasteiger partial charge < -0.3 is 10.2 Å². The Morgan fingerprint density at radius 1 is 1.29 bits per heavy atom. The van der Waals surface area contributed by atoms with Gasteiger partial charge in [0.25, 0.3) is 0 Å². The number of carboxylic acid groups (broad SMARTS) is 1. The maximum Gasteiger partial charge on any atom is 0.332 e. The summed E-state index contributed by atoms with van der Waals surface area (Å²) in [4.78, 5) is 10.2. The van der Waals surface area contributed by atoms with Crippen molar-refractivity contribution < 1.29 is 15.0 Å². The summed E-state index contributed by atoms with van der Waals surface area (Å²) in [5, 5.41) is 17.3. The molecular formula is C11H20O3. The zero-order chi connectivity index (χ0) is 10.8. The standard InChI is InChI=1S/C11H20O3/c1-2-3-4-5-6-7-8-9-10(12)11(13)14/h7-8,10,12H,2-6,9H2,1H3,(H,13,14)/b8-7+. The third-order valence-corrected chi connectivity index (χ3v) is 2.04. The van der Waals surface area contributed by atoms with Gasteiger partial charge in [-0.2, -0.15) is 0 Å². The highest BCUT2D eigenvalue weighted by atomic mass is 16.4. The molecule has 0 heterocycles. The van der Waals surface area contributed by atoms with Crippen molar-refractivity contribution in [2.24, 2.45) is 0 Å². The fourth-order valence-electron chi connectivity index (χ4n) is 1.13. The van der Waals surface area contributed by atoms with Crippen molar-refractivity contribution >= 4 is 5.97 Å². The van der Waals surface area contributed by atoms with Crippen LogP contribution >= 0.6 is 0 Å². The highest BCUT2D eigenvalue weighted by Gasteiger charge is 2.09. The quantitative estimate of drug-likeness (QED) is 0.467. The van der Waals surface area contributed by atoms with Crippen molar-refractivity contribution in [2.75, 3.05) is 0 Å². The lowest BCUT2D eigenvalue weighted by molar-refractivity contribution is -0.146. The largest absolute Gasteiger partial charge is 0.479 e. The van der Waals surface area contributed by atoms with E-state index in [9.17, 15) is 4.79 Å². The van der Waals surface area contributed by atoms with E-state index in [-0.39, 0.29) is 6.42 Å². The smallest absolute Gasteiger partial charge is 0.332 e. The molecule has 0 aromatic carbocycles. The highest BCUT2D eigenvalue weighted by molar-refractivity contribution is 5.72. The molecule has 0 aliphatic rings. The van der Waals surface area contributed by atoms with Crippen LogP contribution in [-0.4, -0.2) is 22.3 Å². The number of aliphatic hydroxyl groups excluding tert-OH is 1. The number of aliphatic carboxylic acids is 1. The molecule has 0 bridgehead atoms. The Kier molecular flexibility index (Phi) is 8.24. The van der Waals surface area contributed by atoms with Crippen LogP contribution in [-0.2, 0) is 4.79 Å². The first-order valence-corrected chi connectivity index (χ1v) is 5.24. The second kappa shape index (κ2) is 8.75. The Balaban J connectivity index is 3.31. The lowest BCUT2D eigenvalue weighted by atomic mass is 10.1. The van der Waals surface area contributed by atoms with E-state index in [2.05, 4.69) is 6.92 Å². The fourth-order valence-corrected chi connectivity index (χ4v) is 1.13. The molecular weight excluding hydrogens is 180 g/mol. The Morgan fingerprint density at radius 3 is 2.57 bits per heavy atom. The van der Waals surface area contributed by atoms with Crippen molar-refractivity contribution in [3.05, 3.63) is 12.2 Å². The summed E-state index contributed by atoms with van der Waals surface area (Å²) in [5.41, 5.74) is 0. The van der Waals surface area contributed by atoms with Crippen LogP contribution in [0.3, 0.4) is 0 Å². The van der Waals surface area contributed by atoms with Gasteiger partial charge in [0, 0.05) is 6.42 Å². The molecule has 0 aromatic heterocycles. The van der Waals surface area contributed by atoms with Crippen LogP contribution in [0.5, 0.6) is 0 Å². The van der Waals surface area contributed by atoms with Gasteiger partial charge in [-0.05, 0) is 12.8 Å². The molecule has 0 radical (unpaired) electrons. The van der Waals surface area contributed by atoms with Crippen LogP contribution in [0.2, 0.25) is 0 Å². The summed E-state index contributed by atoms with van der Waals surface area (Å²) in [7, 11) is 0. The van der Waals surface area contributed by atoms with E-state index < -0.39 is 12.1 Å². The number of unbranched alkanes of at least 4 members (excludes halogenated alkanes) is 4. The fraction of sp³-hybridized carbons (Fsp3) is 0.727. The van der Waals surface area contributed by atoms with E-state index in [1.165, 1.54) is 19.3 Å². The van der Waals surface area contributed by atoms with Gasteiger partial charge in [0.2, 0.25) is 0 Å². The van der Waals surface area contributed by atoms with Crippen molar-refractivity contribution in [1.82, 2.24) is 0 Å². The average molecular weight is 200 g/mol. The van der Waals surface area contributed by atoms with Crippen molar-refractivity contribution in [1.29, 1.82) is 0 Å². The zero-order valence-electron chi connectivity index (χ0n) is 8.78. The first-order valence-electron chi connectivity index (χ1n) is 5.24. The van der Waals surface area contributed by atoms with E-state index in [1.54, 1.807) is 6.08 Å². The molecule has 3 nitrogen and oxygen atoms in total. The third kappa shape index (κ3) is 7.80. The molecule has 3 heteroatoms. The first kappa shape index (κ1) is 13.2. The molecule has 82 valence electrons. The van der Waals surface area contributed by atoms with E-state index in [0.29, 0.717) is 0 Å². The van der Waals surface area contributed by atoms with Gasteiger partial charge in [-0.15, -0.1) is 0 Å². The lowest BCUT2D eigenvalue weighted by Gasteiger charge is -1.99. The Hall–Kier alpha value is -0.830. The van der Waals surface area contributed by atoms with E-state index in [1.807, 2.05) is 6.08 Å². The molecule has 0 spiro atoms. The molecule has 0 saturated heterocycles. The molecule has 0 saturated carbocycles. The first-order chi connectivity index (χ1) is 6.68. The summed E-state index contributed by atoms with van der Waals surface area (Å²) in [5.74, 6) is -1.15. The van der Waals surface area contributed by atoms with Crippen molar-refractivity contribution in [3.8, 4) is 0 Å². The molecule has 1 unspecified atom stereocenters. The Morgan fingerprint density at radius 2 is 2.00 bits per heavy atom. The second-order valence-electron chi connectivity index (χ2n) is 3.41. The minimum absolute atomic E-state index is 0.211. The molecule has 14 heavy (non-hydrogen) atoms. The van der Waals surface area contributed by atoms with E-state index >= 15 is 0 Å². The van der Waals surface area contributed by atoms with Crippen LogP contribution in [0.15, 0.2) is 12.2 Å². The number of allylic oxidation sites excluding steroid dienone is 1. The van der Waals surface area contributed by atoms with E-state index in [0.717, 1.165) is 12.8 Å². The van der Waals surface area contributed by atoms with Gasteiger partial charge in [-0.1, -0.05) is 38.3 Å². The van der Waals surface area contributed by atoms with Crippen LogP contribution < -0.4 is 0 Å². The molecule has 0 aromatic rings. The maximum absolute atomic E-state index is 10.2. The molecule has 0 rings (SSSR count). The summed E-state index contributed by atoms with van der Waals surface area (Å²) >= 11 is 0. The monoisotopic (exact) mass is 200 g/mol. The average Bonchev–Trinajstić information content (AvgIpc) is 2.16. The molecule has 0 aliphatic heterocycles. The third-order valence-electron chi connectivity index (χ3n) is 2.04. The number of carbonyl (C=O) groups is 1. The topological polar surface area (TPSA) is 57.5 Å². The Labute approximate surface area is 85.4 Å². The molecule has 0 amide bonds. The summed E-state index contributed by atoms with van der Waals surface area (Å²) in [6.07, 6.45) is 8.48. The predicted molar refractivity (Wildman–Crippen MR) is 56.2 cm³/mol. The number of rotatable bonds is 8. The normalized spacial score (nSPS) is 13.3. The molecule has 0 aliphatic carbocycles. The Bertz CT molecular complexity index is 175. The van der Waals surface area contributed by atoms with Crippen molar-refractivity contribution in [2.45, 2.75) is 51.6 Å². The van der Waals surface area contributed by atoms with Gasteiger partial charge in [-0.25, -0.2) is 4.79 Å². The molecule has 0 fully saturated rings. The lowest BCUT2D eigenvalue weighted by Crippen LogP contribution is -2.17. The molecule has 1 atom stereocenters. The number of hydrogen-bond acceptors (Lipinski definition) is 2. The SMILES string of the molecule is CCCCCC/C=C/CC(O)C(=O)O. The molecule has 2 N–H and O–H groups in total. The van der Waals surface area contributed by atoms with E-state index in [4.69, 9.17) is 10.2 Å². The van der Waals surface area contributed by atoms with Gasteiger partial charge in [0.1, 0.15) is 0 Å². The van der Waals surface area contributed by atoms with Crippen molar-refractivity contribution in [3.63, 3.8) is 0 Å². The predicted octanol–water partition coefficient (Wildman–Crippen LogP) is 2.35.